The van der Waals surface area contributed by atoms with Crippen molar-refractivity contribution in [2.75, 3.05) is 11.4 Å². The van der Waals surface area contributed by atoms with Crippen molar-refractivity contribution in [1.29, 1.82) is 0 Å². The van der Waals surface area contributed by atoms with E-state index >= 15 is 0 Å². The summed E-state index contributed by atoms with van der Waals surface area (Å²) >= 11 is 0. The van der Waals surface area contributed by atoms with Crippen LogP contribution in [0.3, 0.4) is 0 Å². The molecule has 0 bridgehead atoms. The number of hydrogen-bond acceptors (Lipinski definition) is 4. The van der Waals surface area contributed by atoms with E-state index in [1.165, 1.54) is 17.0 Å². The number of carbonyl (C=O) groups excluding carboxylic acids is 2. The first kappa shape index (κ1) is 14.2. The summed E-state index contributed by atoms with van der Waals surface area (Å²) in [4.78, 5) is 25.1. The van der Waals surface area contributed by atoms with Crippen molar-refractivity contribution in [2.24, 2.45) is 5.73 Å². The zero-order valence-electron chi connectivity index (χ0n) is 11.5. The number of fused-ring (bicyclic) bond motifs is 1. The Morgan fingerprint density at radius 1 is 1.40 bits per heavy atom. The molecule has 20 heavy (non-hydrogen) atoms. The molecule has 1 aliphatic heterocycles. The minimum Gasteiger partial charge on any atom is -0.508 e. The molecule has 0 atom stereocenters. The van der Waals surface area contributed by atoms with E-state index in [9.17, 15) is 14.7 Å². The van der Waals surface area contributed by atoms with Gasteiger partial charge < -0.3 is 15.6 Å². The van der Waals surface area contributed by atoms with Gasteiger partial charge in [-0.3, -0.25) is 14.5 Å². The third-order valence-electron chi connectivity index (χ3n) is 3.63. The smallest absolute Gasteiger partial charge is 0.271 e. The van der Waals surface area contributed by atoms with Gasteiger partial charge in [0.05, 0.1) is 5.69 Å². The van der Waals surface area contributed by atoms with Crippen molar-refractivity contribution in [2.45, 2.75) is 32.3 Å². The molecule has 0 fully saturated rings. The minimum absolute atomic E-state index is 0.00452. The number of phenolic OH excluding ortho intramolecular Hbond substituents is 1. The summed E-state index contributed by atoms with van der Waals surface area (Å²) in [6.45, 7) is 3.48. The van der Waals surface area contributed by atoms with E-state index in [0.717, 1.165) is 0 Å². The number of hydrogen-bond donors (Lipinski definition) is 2. The third-order valence-corrected chi connectivity index (χ3v) is 3.63. The quantitative estimate of drug-likeness (QED) is 0.864. The van der Waals surface area contributed by atoms with Crippen LogP contribution in [0.2, 0.25) is 0 Å². The Hall–Kier alpha value is -2.24. The normalized spacial score (nSPS) is 16.5. The number of primary amides is 1. The van der Waals surface area contributed by atoms with Crippen LogP contribution in [0.5, 0.6) is 11.5 Å². The number of aromatic hydroxyl groups is 1. The first-order valence-electron chi connectivity index (χ1n) is 6.56. The Bertz CT molecular complexity index is 552. The molecule has 0 radical (unpaired) electrons. The molecular formula is C14H18N2O4. The fourth-order valence-electron chi connectivity index (χ4n) is 2.42. The van der Waals surface area contributed by atoms with Gasteiger partial charge in [-0.25, -0.2) is 0 Å². The monoisotopic (exact) mass is 278 g/mol. The van der Waals surface area contributed by atoms with Crippen molar-refractivity contribution in [3.63, 3.8) is 0 Å². The lowest BCUT2D eigenvalue weighted by molar-refractivity contribution is -0.137. The van der Waals surface area contributed by atoms with E-state index in [1.807, 2.05) is 13.8 Å². The number of carbonyl (C=O) groups is 2. The van der Waals surface area contributed by atoms with Gasteiger partial charge in [-0.1, -0.05) is 13.8 Å². The fraction of sp³-hybridized carbons (Fsp3) is 0.429. The van der Waals surface area contributed by atoms with Gasteiger partial charge >= 0.3 is 0 Å². The van der Waals surface area contributed by atoms with Crippen molar-refractivity contribution in [3.05, 3.63) is 18.2 Å². The van der Waals surface area contributed by atoms with Crippen molar-refractivity contribution in [3.8, 4) is 11.5 Å². The number of phenols is 1. The van der Waals surface area contributed by atoms with E-state index in [1.54, 1.807) is 6.07 Å². The summed E-state index contributed by atoms with van der Waals surface area (Å²) in [5, 5.41) is 9.56. The molecule has 0 aliphatic carbocycles. The maximum absolute atomic E-state index is 12.6. The molecule has 1 heterocycles. The highest BCUT2D eigenvalue weighted by molar-refractivity contribution is 6.06. The lowest BCUT2D eigenvalue weighted by Gasteiger charge is -2.41. The maximum atomic E-state index is 12.6. The number of benzene rings is 1. The van der Waals surface area contributed by atoms with Gasteiger partial charge in [0.2, 0.25) is 5.91 Å². The number of anilines is 1. The molecule has 1 aromatic carbocycles. The zero-order valence-corrected chi connectivity index (χ0v) is 11.5. The molecule has 3 N–H and O–H groups in total. The maximum Gasteiger partial charge on any atom is 0.271 e. The zero-order chi connectivity index (χ0) is 14.9. The standard InChI is InChI=1S/C14H18N2O4/c1-3-14(4-2)13(19)16(8-12(15)18)10-7-9(17)5-6-11(10)20-14/h5-7,17H,3-4,8H2,1-2H3,(H2,15,18). The molecule has 108 valence electrons. The average molecular weight is 278 g/mol. The van der Waals surface area contributed by atoms with Crippen LogP contribution in [0.1, 0.15) is 26.7 Å². The highest BCUT2D eigenvalue weighted by atomic mass is 16.5. The lowest BCUT2D eigenvalue weighted by Crippen LogP contribution is -2.57. The summed E-state index contributed by atoms with van der Waals surface area (Å²) in [6.07, 6.45) is 0.968. The van der Waals surface area contributed by atoms with Gasteiger partial charge in [-0.2, -0.15) is 0 Å². The van der Waals surface area contributed by atoms with Gasteiger partial charge in [-0.15, -0.1) is 0 Å². The second-order valence-corrected chi connectivity index (χ2v) is 4.81. The first-order valence-corrected chi connectivity index (χ1v) is 6.56. The summed E-state index contributed by atoms with van der Waals surface area (Å²) in [7, 11) is 0. The number of rotatable bonds is 4. The largest absolute Gasteiger partial charge is 0.508 e. The topological polar surface area (TPSA) is 92.9 Å². The molecule has 6 heteroatoms. The number of amides is 2. The van der Waals surface area contributed by atoms with E-state index in [4.69, 9.17) is 10.5 Å². The van der Waals surface area contributed by atoms with Crippen LogP contribution in [0.4, 0.5) is 5.69 Å². The summed E-state index contributed by atoms with van der Waals surface area (Å²) in [5.41, 5.74) is 4.60. The summed E-state index contributed by atoms with van der Waals surface area (Å²) in [5.74, 6) is -0.461. The van der Waals surface area contributed by atoms with Crippen molar-refractivity contribution in [1.82, 2.24) is 0 Å². The number of nitrogens with two attached hydrogens (primary N) is 1. The molecule has 0 unspecified atom stereocenters. The van der Waals surface area contributed by atoms with Gasteiger partial charge in [0.25, 0.3) is 5.91 Å². The highest BCUT2D eigenvalue weighted by Crippen LogP contribution is 2.41. The second-order valence-electron chi connectivity index (χ2n) is 4.81. The van der Waals surface area contributed by atoms with Gasteiger partial charge in [0, 0.05) is 6.07 Å². The molecule has 6 nitrogen and oxygen atoms in total. The molecule has 2 amide bonds. The predicted octanol–water partition coefficient (Wildman–Crippen LogP) is 1.16. The fourth-order valence-corrected chi connectivity index (χ4v) is 2.42. The molecule has 1 aliphatic rings. The SMILES string of the molecule is CCC1(CC)Oc2ccc(O)cc2N(CC(N)=O)C1=O. The van der Waals surface area contributed by atoms with Crippen LogP contribution in [-0.2, 0) is 9.59 Å². The van der Waals surface area contributed by atoms with Gasteiger partial charge in [0.1, 0.15) is 18.0 Å². The second kappa shape index (κ2) is 5.03. The van der Waals surface area contributed by atoms with Crippen LogP contribution in [0.25, 0.3) is 0 Å². The Morgan fingerprint density at radius 2 is 2.05 bits per heavy atom. The molecule has 0 aromatic heterocycles. The molecular weight excluding hydrogens is 260 g/mol. The highest BCUT2D eigenvalue weighted by Gasteiger charge is 2.46. The van der Waals surface area contributed by atoms with Gasteiger partial charge in [-0.05, 0) is 25.0 Å². The van der Waals surface area contributed by atoms with E-state index < -0.39 is 11.5 Å². The minimum atomic E-state index is -0.987. The number of ether oxygens (including phenoxy) is 1. The summed E-state index contributed by atoms with van der Waals surface area (Å²) < 4.78 is 5.84. The lowest BCUT2D eigenvalue weighted by atomic mass is 9.92. The van der Waals surface area contributed by atoms with Crippen LogP contribution < -0.4 is 15.4 Å². The third kappa shape index (κ3) is 2.17. The van der Waals surface area contributed by atoms with Gasteiger partial charge in [0.15, 0.2) is 5.60 Å². The molecule has 2 rings (SSSR count). The van der Waals surface area contributed by atoms with Crippen LogP contribution in [-0.4, -0.2) is 29.1 Å². The Labute approximate surface area is 117 Å². The number of nitrogens with zero attached hydrogens (tertiary/aromatic N) is 1. The van der Waals surface area contributed by atoms with E-state index in [-0.39, 0.29) is 18.2 Å². The Morgan fingerprint density at radius 3 is 2.60 bits per heavy atom. The predicted molar refractivity (Wildman–Crippen MR) is 73.6 cm³/mol. The van der Waals surface area contributed by atoms with Crippen LogP contribution in [0, 0.1) is 0 Å². The molecule has 0 saturated carbocycles. The molecule has 0 saturated heterocycles. The Balaban J connectivity index is 2.55. The van der Waals surface area contributed by atoms with Crippen molar-refractivity contribution < 1.29 is 19.4 Å². The first-order chi connectivity index (χ1) is 9.43. The molecule has 0 spiro atoms. The van der Waals surface area contributed by atoms with E-state index in [2.05, 4.69) is 0 Å². The van der Waals surface area contributed by atoms with Crippen molar-refractivity contribution >= 4 is 17.5 Å². The Kier molecular flexibility index (Phi) is 3.57. The van der Waals surface area contributed by atoms with Crippen LogP contribution in [0.15, 0.2) is 18.2 Å². The van der Waals surface area contributed by atoms with E-state index in [0.29, 0.717) is 24.3 Å². The summed E-state index contributed by atoms with van der Waals surface area (Å²) in [6, 6.07) is 4.46. The molecule has 1 aromatic rings. The average Bonchev–Trinajstić information content (AvgIpc) is 2.42. The van der Waals surface area contributed by atoms with Crippen LogP contribution >= 0.6 is 0 Å².